The molecule has 1 aromatic heterocycles. The van der Waals surface area contributed by atoms with Gasteiger partial charge in [0.2, 0.25) is 0 Å². The summed E-state index contributed by atoms with van der Waals surface area (Å²) >= 11 is 0. The minimum atomic E-state index is -4.72. The highest BCUT2D eigenvalue weighted by molar-refractivity contribution is 5.92. The fourth-order valence-electron chi connectivity index (χ4n) is 3.01. The van der Waals surface area contributed by atoms with Crippen LogP contribution >= 0.6 is 0 Å². The zero-order chi connectivity index (χ0) is 22.0. The molecule has 0 bridgehead atoms. The number of rotatable bonds is 6. The Morgan fingerprint density at radius 2 is 1.65 bits per heavy atom. The van der Waals surface area contributed by atoms with Crippen molar-refractivity contribution < 1.29 is 32.5 Å². The maximum atomic E-state index is 12.2. The van der Waals surface area contributed by atoms with Crippen molar-refractivity contribution >= 4 is 17.0 Å². The molecule has 31 heavy (non-hydrogen) atoms. The monoisotopic (exact) mass is 428 g/mol. The van der Waals surface area contributed by atoms with Crippen LogP contribution in [0.4, 0.5) is 13.2 Å². The standard InChI is InChI=1S/C22H15F3N2O4/c23-22(24,25)31-18-6-1-14(2-7-18)12-30-17-8-4-16(5-9-17)27-13-26-19-11-15(21(28)29)3-10-20(19)27/h1-11,13H,12H2,(H,28,29). The second-order valence-electron chi connectivity index (χ2n) is 6.60. The first-order chi connectivity index (χ1) is 14.8. The summed E-state index contributed by atoms with van der Waals surface area (Å²) in [6.07, 6.45) is -3.12. The maximum Gasteiger partial charge on any atom is 0.573 e. The summed E-state index contributed by atoms with van der Waals surface area (Å²) in [7, 11) is 0. The van der Waals surface area contributed by atoms with Gasteiger partial charge in [0.15, 0.2) is 0 Å². The number of carboxylic acids is 1. The van der Waals surface area contributed by atoms with Gasteiger partial charge in [-0.25, -0.2) is 9.78 Å². The number of aromatic nitrogens is 2. The van der Waals surface area contributed by atoms with E-state index in [1.54, 1.807) is 24.5 Å². The molecule has 0 aliphatic carbocycles. The van der Waals surface area contributed by atoms with E-state index in [4.69, 9.17) is 9.84 Å². The quantitative estimate of drug-likeness (QED) is 0.457. The summed E-state index contributed by atoms with van der Waals surface area (Å²) in [5, 5.41) is 9.09. The van der Waals surface area contributed by atoms with Gasteiger partial charge in [0.25, 0.3) is 0 Å². The van der Waals surface area contributed by atoms with Crippen LogP contribution in [-0.2, 0) is 6.61 Å². The predicted molar refractivity (Wildman–Crippen MR) is 105 cm³/mol. The number of imidazole rings is 1. The minimum Gasteiger partial charge on any atom is -0.489 e. The Labute approximate surface area is 174 Å². The van der Waals surface area contributed by atoms with E-state index < -0.39 is 12.3 Å². The van der Waals surface area contributed by atoms with Crippen LogP contribution in [0.15, 0.2) is 73.1 Å². The van der Waals surface area contributed by atoms with E-state index in [1.807, 2.05) is 16.7 Å². The van der Waals surface area contributed by atoms with E-state index in [9.17, 15) is 18.0 Å². The molecule has 0 spiro atoms. The third-order valence-electron chi connectivity index (χ3n) is 4.47. The highest BCUT2D eigenvalue weighted by Crippen LogP contribution is 2.24. The summed E-state index contributed by atoms with van der Waals surface area (Å²) < 4.78 is 48.0. The number of carboxylic acid groups (broad SMARTS) is 1. The Bertz CT molecular complexity index is 1220. The second-order valence-corrected chi connectivity index (χ2v) is 6.60. The first-order valence-corrected chi connectivity index (χ1v) is 9.07. The van der Waals surface area contributed by atoms with Crippen molar-refractivity contribution in [2.24, 2.45) is 0 Å². The van der Waals surface area contributed by atoms with Crippen LogP contribution in [0.1, 0.15) is 15.9 Å². The molecule has 0 fully saturated rings. The van der Waals surface area contributed by atoms with Crippen LogP contribution < -0.4 is 9.47 Å². The molecule has 0 aliphatic rings. The Morgan fingerprint density at radius 3 is 2.29 bits per heavy atom. The summed E-state index contributed by atoms with van der Waals surface area (Å²) in [6.45, 7) is 0.178. The lowest BCUT2D eigenvalue weighted by molar-refractivity contribution is -0.274. The lowest BCUT2D eigenvalue weighted by atomic mass is 10.2. The van der Waals surface area contributed by atoms with Gasteiger partial charge in [-0.15, -0.1) is 13.2 Å². The van der Waals surface area contributed by atoms with Gasteiger partial charge in [-0.3, -0.25) is 4.57 Å². The fraction of sp³-hybridized carbons (Fsp3) is 0.0909. The molecule has 0 radical (unpaired) electrons. The lowest BCUT2D eigenvalue weighted by Crippen LogP contribution is -2.17. The molecule has 6 nitrogen and oxygen atoms in total. The van der Waals surface area contributed by atoms with Gasteiger partial charge >= 0.3 is 12.3 Å². The van der Waals surface area contributed by atoms with Crippen molar-refractivity contribution in [1.29, 1.82) is 0 Å². The molecule has 4 rings (SSSR count). The molecule has 0 saturated carbocycles. The highest BCUT2D eigenvalue weighted by Gasteiger charge is 2.30. The average molecular weight is 428 g/mol. The largest absolute Gasteiger partial charge is 0.573 e. The molecule has 158 valence electrons. The third-order valence-corrected chi connectivity index (χ3v) is 4.47. The Balaban J connectivity index is 1.43. The number of hydrogen-bond acceptors (Lipinski definition) is 4. The highest BCUT2D eigenvalue weighted by atomic mass is 19.4. The Morgan fingerprint density at radius 1 is 0.968 bits per heavy atom. The fourth-order valence-corrected chi connectivity index (χ4v) is 3.01. The van der Waals surface area contributed by atoms with E-state index >= 15 is 0 Å². The molecule has 0 unspecified atom stereocenters. The van der Waals surface area contributed by atoms with E-state index in [0.717, 1.165) is 11.2 Å². The summed E-state index contributed by atoms with van der Waals surface area (Å²) in [5.74, 6) is -0.721. The zero-order valence-corrected chi connectivity index (χ0v) is 15.8. The van der Waals surface area contributed by atoms with Gasteiger partial charge in [-0.1, -0.05) is 12.1 Å². The van der Waals surface area contributed by atoms with Gasteiger partial charge < -0.3 is 14.6 Å². The van der Waals surface area contributed by atoms with Gasteiger partial charge in [0, 0.05) is 5.69 Å². The van der Waals surface area contributed by atoms with Crippen LogP contribution in [-0.4, -0.2) is 27.0 Å². The van der Waals surface area contributed by atoms with Gasteiger partial charge in [0.1, 0.15) is 24.4 Å². The molecular formula is C22H15F3N2O4. The first-order valence-electron chi connectivity index (χ1n) is 9.07. The summed E-state index contributed by atoms with van der Waals surface area (Å²) in [6, 6.07) is 17.3. The number of hydrogen-bond donors (Lipinski definition) is 1. The topological polar surface area (TPSA) is 73.6 Å². The molecular weight excluding hydrogens is 413 g/mol. The van der Waals surface area contributed by atoms with Gasteiger partial charge in [-0.05, 0) is 60.2 Å². The molecule has 4 aromatic rings. The third kappa shape index (κ3) is 4.77. The predicted octanol–water partition coefficient (Wildman–Crippen LogP) is 5.20. The van der Waals surface area contributed by atoms with E-state index in [2.05, 4.69) is 9.72 Å². The summed E-state index contributed by atoms with van der Waals surface area (Å²) in [4.78, 5) is 15.3. The average Bonchev–Trinajstić information content (AvgIpc) is 3.16. The SMILES string of the molecule is O=C(O)c1ccc2c(c1)ncn2-c1ccc(OCc2ccc(OC(F)(F)F)cc2)cc1. The molecule has 0 aliphatic heterocycles. The lowest BCUT2D eigenvalue weighted by Gasteiger charge is -2.10. The van der Waals surface area contributed by atoms with Crippen LogP contribution in [0.5, 0.6) is 11.5 Å². The molecule has 0 amide bonds. The van der Waals surface area contributed by atoms with Crippen LogP contribution in [0.2, 0.25) is 0 Å². The molecule has 1 N–H and O–H groups in total. The van der Waals surface area contributed by atoms with E-state index in [1.165, 1.54) is 36.4 Å². The number of nitrogens with zero attached hydrogens (tertiary/aromatic N) is 2. The van der Waals surface area contributed by atoms with Crippen molar-refractivity contribution in [2.45, 2.75) is 13.0 Å². The van der Waals surface area contributed by atoms with Crippen LogP contribution in [0, 0.1) is 0 Å². The first kappa shape index (κ1) is 20.3. The van der Waals surface area contributed by atoms with E-state index in [-0.39, 0.29) is 17.9 Å². The van der Waals surface area contributed by atoms with Gasteiger partial charge in [-0.2, -0.15) is 0 Å². The number of halogens is 3. The van der Waals surface area contributed by atoms with Gasteiger partial charge in [0.05, 0.1) is 16.6 Å². The van der Waals surface area contributed by atoms with Crippen molar-refractivity contribution in [2.75, 3.05) is 0 Å². The Kier molecular flexibility index (Phi) is 5.24. The van der Waals surface area contributed by atoms with Crippen molar-refractivity contribution in [1.82, 2.24) is 9.55 Å². The number of benzene rings is 3. The second kappa shape index (κ2) is 8.02. The number of carbonyl (C=O) groups is 1. The maximum absolute atomic E-state index is 12.2. The smallest absolute Gasteiger partial charge is 0.489 e. The molecule has 3 aromatic carbocycles. The summed E-state index contributed by atoms with van der Waals surface area (Å²) in [5.41, 5.74) is 3.00. The molecule has 0 saturated heterocycles. The normalized spacial score (nSPS) is 11.5. The van der Waals surface area contributed by atoms with Crippen molar-refractivity contribution in [3.63, 3.8) is 0 Å². The number of fused-ring (bicyclic) bond motifs is 1. The minimum absolute atomic E-state index is 0.166. The zero-order valence-electron chi connectivity index (χ0n) is 15.8. The van der Waals surface area contributed by atoms with Crippen LogP contribution in [0.25, 0.3) is 16.7 Å². The van der Waals surface area contributed by atoms with Crippen molar-refractivity contribution in [3.05, 3.63) is 84.2 Å². The van der Waals surface area contributed by atoms with E-state index in [0.29, 0.717) is 16.8 Å². The molecule has 9 heteroatoms. The Hall–Kier alpha value is -4.01. The van der Waals surface area contributed by atoms with Crippen LogP contribution in [0.3, 0.4) is 0 Å². The number of alkyl halides is 3. The molecule has 0 atom stereocenters. The number of ether oxygens (including phenoxy) is 2. The number of aromatic carboxylic acids is 1. The molecule has 1 heterocycles. The van der Waals surface area contributed by atoms with Crippen molar-refractivity contribution in [3.8, 4) is 17.2 Å².